The maximum atomic E-state index is 11.9. The lowest BCUT2D eigenvalue weighted by Gasteiger charge is -2.26. The Kier molecular flexibility index (Phi) is 3.76. The number of nitrogens with zero attached hydrogens (tertiary/aromatic N) is 1. The Morgan fingerprint density at radius 1 is 1.56 bits per heavy atom. The average Bonchev–Trinajstić information content (AvgIpc) is 2.74. The van der Waals surface area contributed by atoms with Crippen LogP contribution in [0.5, 0.6) is 0 Å². The molecule has 1 aromatic rings. The van der Waals surface area contributed by atoms with Crippen molar-refractivity contribution in [2.24, 2.45) is 5.92 Å². The molecule has 100 valence electrons. The Labute approximate surface area is 108 Å². The molecule has 0 fully saturated rings. The molecule has 1 aliphatic rings. The van der Waals surface area contributed by atoms with E-state index in [1.54, 1.807) is 0 Å². The van der Waals surface area contributed by atoms with Crippen LogP contribution < -0.4 is 0 Å². The van der Waals surface area contributed by atoms with Gasteiger partial charge in [0.2, 0.25) is 0 Å². The fraction of sp³-hybridized carbons (Fsp3) is 0.643. The Hall–Kier alpha value is -1.29. The van der Waals surface area contributed by atoms with E-state index in [0.29, 0.717) is 0 Å². The quantitative estimate of drug-likeness (QED) is 0.838. The van der Waals surface area contributed by atoms with Crippen molar-refractivity contribution < 1.29 is 14.6 Å². The highest BCUT2D eigenvalue weighted by atomic mass is 16.5. The van der Waals surface area contributed by atoms with Crippen LogP contribution in [-0.4, -0.2) is 22.8 Å². The Balaban J connectivity index is 2.40. The molecule has 0 radical (unpaired) electrons. The van der Waals surface area contributed by atoms with Crippen molar-refractivity contribution in [3.63, 3.8) is 0 Å². The predicted octanol–water partition coefficient (Wildman–Crippen LogP) is 2.23. The molecule has 0 bridgehead atoms. The molecule has 0 saturated heterocycles. The fourth-order valence-corrected chi connectivity index (χ4v) is 2.78. The smallest absolute Gasteiger partial charge is 0.329 e. The van der Waals surface area contributed by atoms with E-state index >= 15 is 0 Å². The predicted molar refractivity (Wildman–Crippen MR) is 68.2 cm³/mol. The average molecular weight is 251 g/mol. The molecule has 2 atom stereocenters. The summed E-state index contributed by atoms with van der Waals surface area (Å²) in [6.07, 6.45) is 4.20. The van der Waals surface area contributed by atoms with Crippen LogP contribution in [0, 0.1) is 5.92 Å². The van der Waals surface area contributed by atoms with Crippen molar-refractivity contribution in [2.45, 2.75) is 45.3 Å². The summed E-state index contributed by atoms with van der Waals surface area (Å²) < 4.78 is 6.87. The summed E-state index contributed by atoms with van der Waals surface area (Å²) in [7, 11) is 1.42. The summed E-state index contributed by atoms with van der Waals surface area (Å²) in [5.41, 5.74) is 2.05. The number of rotatable bonds is 3. The summed E-state index contributed by atoms with van der Waals surface area (Å²) in [5.74, 6) is -0.0588. The zero-order valence-electron chi connectivity index (χ0n) is 11.2. The van der Waals surface area contributed by atoms with E-state index in [9.17, 15) is 9.90 Å². The number of esters is 1. The van der Waals surface area contributed by atoms with Crippen LogP contribution in [-0.2, 0) is 16.0 Å². The van der Waals surface area contributed by atoms with Gasteiger partial charge in [-0.25, -0.2) is 4.79 Å². The highest BCUT2D eigenvalue weighted by Gasteiger charge is 2.30. The van der Waals surface area contributed by atoms with Gasteiger partial charge in [0.1, 0.15) is 6.04 Å². The molecular weight excluding hydrogens is 230 g/mol. The first-order valence-electron chi connectivity index (χ1n) is 6.51. The molecule has 1 aromatic heterocycles. The van der Waals surface area contributed by atoms with Crippen molar-refractivity contribution in [2.75, 3.05) is 7.11 Å². The third-order valence-electron chi connectivity index (χ3n) is 3.68. The normalized spacial score (nSPS) is 20.6. The summed E-state index contributed by atoms with van der Waals surface area (Å²) in [5, 5.41) is 9.96. The molecule has 1 heterocycles. The van der Waals surface area contributed by atoms with E-state index in [4.69, 9.17) is 4.74 Å². The van der Waals surface area contributed by atoms with Crippen molar-refractivity contribution in [3.05, 3.63) is 23.5 Å². The number of carbonyl (C=O) groups excluding carboxylic acids is 1. The van der Waals surface area contributed by atoms with Crippen LogP contribution >= 0.6 is 0 Å². The van der Waals surface area contributed by atoms with Crippen LogP contribution in [0.2, 0.25) is 0 Å². The Morgan fingerprint density at radius 3 is 2.89 bits per heavy atom. The van der Waals surface area contributed by atoms with Gasteiger partial charge in [0, 0.05) is 17.5 Å². The molecule has 1 aliphatic carbocycles. The third kappa shape index (κ3) is 2.17. The largest absolute Gasteiger partial charge is 0.467 e. The number of carbonyl (C=O) groups is 1. The highest BCUT2D eigenvalue weighted by Crippen LogP contribution is 2.33. The maximum absolute atomic E-state index is 11.9. The number of ether oxygens (including phenoxy) is 1. The van der Waals surface area contributed by atoms with E-state index in [0.717, 1.165) is 30.5 Å². The lowest BCUT2D eigenvalue weighted by atomic mass is 9.94. The molecule has 0 saturated carbocycles. The summed E-state index contributed by atoms with van der Waals surface area (Å²) >= 11 is 0. The molecule has 2 unspecified atom stereocenters. The first-order valence-corrected chi connectivity index (χ1v) is 6.51. The van der Waals surface area contributed by atoms with Crippen molar-refractivity contribution in [1.82, 2.24) is 4.57 Å². The molecular formula is C14H21NO3. The van der Waals surface area contributed by atoms with Gasteiger partial charge in [0.25, 0.3) is 0 Å². The highest BCUT2D eigenvalue weighted by molar-refractivity contribution is 5.74. The molecule has 4 heteroatoms. The van der Waals surface area contributed by atoms with Crippen LogP contribution in [0.4, 0.5) is 0 Å². The van der Waals surface area contributed by atoms with Crippen LogP contribution in [0.3, 0.4) is 0 Å². The molecule has 4 nitrogen and oxygen atoms in total. The Bertz CT molecular complexity index is 436. The molecule has 0 aromatic carbocycles. The van der Waals surface area contributed by atoms with Crippen LogP contribution in [0.15, 0.2) is 12.3 Å². The first kappa shape index (κ1) is 13.1. The van der Waals surface area contributed by atoms with Gasteiger partial charge >= 0.3 is 5.97 Å². The maximum Gasteiger partial charge on any atom is 0.329 e. The molecule has 18 heavy (non-hydrogen) atoms. The number of aliphatic hydroxyl groups is 1. The number of aliphatic hydroxyl groups excluding tert-OH is 1. The first-order chi connectivity index (χ1) is 8.56. The van der Waals surface area contributed by atoms with Crippen molar-refractivity contribution in [1.29, 1.82) is 0 Å². The van der Waals surface area contributed by atoms with Gasteiger partial charge in [-0.1, -0.05) is 13.8 Å². The second kappa shape index (κ2) is 5.14. The number of aromatic nitrogens is 1. The van der Waals surface area contributed by atoms with Gasteiger partial charge in [-0.15, -0.1) is 0 Å². The zero-order valence-corrected chi connectivity index (χ0v) is 11.2. The minimum Gasteiger partial charge on any atom is -0.467 e. The van der Waals surface area contributed by atoms with E-state index in [1.807, 2.05) is 30.7 Å². The van der Waals surface area contributed by atoms with Gasteiger partial charge in [0.05, 0.1) is 13.2 Å². The molecule has 0 spiro atoms. The molecule has 0 amide bonds. The second-order valence-electron chi connectivity index (χ2n) is 5.25. The zero-order chi connectivity index (χ0) is 13.3. The summed E-state index contributed by atoms with van der Waals surface area (Å²) in [4.78, 5) is 11.9. The van der Waals surface area contributed by atoms with Crippen LogP contribution in [0.1, 0.15) is 50.1 Å². The van der Waals surface area contributed by atoms with Gasteiger partial charge in [-0.3, -0.25) is 0 Å². The van der Waals surface area contributed by atoms with E-state index in [1.165, 1.54) is 7.11 Å². The van der Waals surface area contributed by atoms with Crippen LogP contribution in [0.25, 0.3) is 0 Å². The van der Waals surface area contributed by atoms with Gasteiger partial charge in [-0.2, -0.15) is 0 Å². The van der Waals surface area contributed by atoms with E-state index < -0.39 is 0 Å². The lowest BCUT2D eigenvalue weighted by Crippen LogP contribution is -2.27. The number of hydrogen-bond acceptors (Lipinski definition) is 3. The van der Waals surface area contributed by atoms with E-state index in [-0.39, 0.29) is 24.0 Å². The minimum absolute atomic E-state index is 0.160. The number of methoxy groups -OCH3 is 1. The second-order valence-corrected chi connectivity index (χ2v) is 5.25. The standard InChI is InChI=1S/C14H21NO3/c1-9(2)13(14(17)18-3)15-8-7-10-11(15)5-4-6-12(10)16/h7-9,12-13,16H,4-6H2,1-3H3. The van der Waals surface area contributed by atoms with E-state index in [2.05, 4.69) is 0 Å². The summed E-state index contributed by atoms with van der Waals surface area (Å²) in [6.45, 7) is 4.01. The topological polar surface area (TPSA) is 51.5 Å². The molecule has 2 rings (SSSR count). The monoisotopic (exact) mass is 251 g/mol. The fourth-order valence-electron chi connectivity index (χ4n) is 2.78. The van der Waals surface area contributed by atoms with Gasteiger partial charge in [0.15, 0.2) is 0 Å². The summed E-state index contributed by atoms with van der Waals surface area (Å²) in [6, 6.07) is 1.63. The Morgan fingerprint density at radius 2 is 2.28 bits per heavy atom. The third-order valence-corrected chi connectivity index (χ3v) is 3.68. The van der Waals surface area contributed by atoms with Gasteiger partial charge in [-0.05, 0) is 31.2 Å². The molecule has 1 N–H and O–H groups in total. The lowest BCUT2D eigenvalue weighted by molar-refractivity contribution is -0.146. The number of fused-ring (bicyclic) bond motifs is 1. The van der Waals surface area contributed by atoms with Crippen molar-refractivity contribution >= 4 is 5.97 Å². The molecule has 0 aliphatic heterocycles. The number of hydrogen-bond donors (Lipinski definition) is 1. The minimum atomic E-state index is -0.388. The van der Waals surface area contributed by atoms with Crippen molar-refractivity contribution in [3.8, 4) is 0 Å². The SMILES string of the molecule is COC(=O)C(C(C)C)n1ccc2c1CCCC2O. The van der Waals surface area contributed by atoms with Gasteiger partial charge < -0.3 is 14.4 Å².